The fourth-order valence-corrected chi connectivity index (χ4v) is 5.18. The van der Waals surface area contributed by atoms with Gasteiger partial charge in [0.2, 0.25) is 0 Å². The van der Waals surface area contributed by atoms with Crippen molar-refractivity contribution in [3.63, 3.8) is 0 Å². The van der Waals surface area contributed by atoms with Crippen LogP contribution in [0.5, 0.6) is 0 Å². The molecule has 1 aromatic heterocycles. The molecule has 3 aromatic rings. The van der Waals surface area contributed by atoms with Gasteiger partial charge in [-0.05, 0) is 23.8 Å². The molecule has 1 atom stereocenters. The summed E-state index contributed by atoms with van der Waals surface area (Å²) >= 11 is 13.1. The van der Waals surface area contributed by atoms with Crippen molar-refractivity contribution < 1.29 is 13.0 Å². The number of imidazole rings is 1. The van der Waals surface area contributed by atoms with E-state index in [0.717, 1.165) is 16.3 Å². The Bertz CT molecular complexity index is 1090. The van der Waals surface area contributed by atoms with Crippen LogP contribution < -0.4 is 4.90 Å². The smallest absolute Gasteiger partial charge is 0.251 e. The minimum atomic E-state index is -2.64. The van der Waals surface area contributed by atoms with Crippen molar-refractivity contribution in [3.8, 4) is 0 Å². The summed E-state index contributed by atoms with van der Waals surface area (Å²) in [6, 6.07) is 9.35. The maximum absolute atomic E-state index is 13.5. The lowest BCUT2D eigenvalue weighted by Gasteiger charge is -2.34. The number of H-pyrrole nitrogens is 1. The standard InChI is InChI=1S/C21H21Cl2F2N3OS/c1-2-30(29)14-5-3-13(4-6-14)11-17-26-16-12-15(22)20(18(23)19(16)27-17)28-9-7-21(24,25)8-10-28/h3-6,12H,2,7-11H2,1H3,(H,26,27). The van der Waals surface area contributed by atoms with Crippen LogP contribution in [0.15, 0.2) is 35.2 Å². The molecule has 2 aromatic carbocycles. The Hall–Kier alpha value is -1.70. The minimum Gasteiger partial charge on any atom is -0.369 e. The van der Waals surface area contributed by atoms with Crippen molar-refractivity contribution in [1.82, 2.24) is 9.97 Å². The first-order valence-corrected chi connectivity index (χ1v) is 11.8. The SMILES string of the molecule is CCS(=O)c1ccc(Cc2nc3c(Cl)c(N4CCC(F)(F)CC4)c(Cl)cc3[nH]2)cc1. The van der Waals surface area contributed by atoms with E-state index in [0.29, 0.717) is 38.9 Å². The second-order valence-electron chi connectivity index (χ2n) is 7.40. The van der Waals surface area contributed by atoms with Crippen molar-refractivity contribution in [2.45, 2.75) is 37.0 Å². The summed E-state index contributed by atoms with van der Waals surface area (Å²) in [5, 5.41) is 0.790. The minimum absolute atomic E-state index is 0.195. The van der Waals surface area contributed by atoms with Crippen LogP contribution in [-0.4, -0.2) is 38.9 Å². The summed E-state index contributed by atoms with van der Waals surface area (Å²) < 4.78 is 38.9. The Morgan fingerprint density at radius 3 is 2.50 bits per heavy atom. The number of halogens is 4. The quantitative estimate of drug-likeness (QED) is 0.509. The summed E-state index contributed by atoms with van der Waals surface area (Å²) in [7, 11) is -0.981. The van der Waals surface area contributed by atoms with E-state index in [2.05, 4.69) is 9.97 Å². The van der Waals surface area contributed by atoms with E-state index >= 15 is 0 Å². The van der Waals surface area contributed by atoms with E-state index in [9.17, 15) is 13.0 Å². The van der Waals surface area contributed by atoms with E-state index in [1.54, 1.807) is 6.07 Å². The molecule has 1 aliphatic rings. The number of hydrogen-bond donors (Lipinski definition) is 1. The summed E-state index contributed by atoms with van der Waals surface area (Å²) in [6.07, 6.45) is 0.109. The summed E-state index contributed by atoms with van der Waals surface area (Å²) in [5.74, 6) is -1.34. The number of anilines is 1. The van der Waals surface area contributed by atoms with Crippen LogP contribution >= 0.6 is 23.2 Å². The molecule has 9 heteroatoms. The summed E-state index contributed by atoms with van der Waals surface area (Å²) in [5.41, 5.74) is 2.86. The van der Waals surface area contributed by atoms with Gasteiger partial charge in [0.1, 0.15) is 11.3 Å². The van der Waals surface area contributed by atoms with Crippen LogP contribution in [0.25, 0.3) is 11.0 Å². The highest BCUT2D eigenvalue weighted by Crippen LogP contribution is 2.41. The van der Waals surface area contributed by atoms with E-state index in [1.807, 2.05) is 36.1 Å². The van der Waals surface area contributed by atoms with Crippen LogP contribution in [-0.2, 0) is 17.2 Å². The van der Waals surface area contributed by atoms with Gasteiger partial charge in [-0.2, -0.15) is 0 Å². The zero-order valence-electron chi connectivity index (χ0n) is 16.4. The number of rotatable bonds is 5. The highest BCUT2D eigenvalue weighted by molar-refractivity contribution is 7.85. The molecule has 2 heterocycles. The van der Waals surface area contributed by atoms with Gasteiger partial charge in [0.05, 0.1) is 32.0 Å². The Labute approximate surface area is 186 Å². The van der Waals surface area contributed by atoms with Gasteiger partial charge in [-0.15, -0.1) is 0 Å². The van der Waals surface area contributed by atoms with Gasteiger partial charge < -0.3 is 9.88 Å². The second-order valence-corrected chi connectivity index (χ2v) is 9.92. The number of aromatic amines is 1. The third-order valence-corrected chi connectivity index (χ3v) is 7.29. The number of hydrogen-bond acceptors (Lipinski definition) is 3. The number of piperidine rings is 1. The van der Waals surface area contributed by atoms with Crippen molar-refractivity contribution >= 4 is 50.7 Å². The fraction of sp³-hybridized carbons (Fsp3) is 0.381. The number of nitrogens with zero attached hydrogens (tertiary/aromatic N) is 2. The molecule has 1 fully saturated rings. The third kappa shape index (κ3) is 4.34. The topological polar surface area (TPSA) is 49.0 Å². The van der Waals surface area contributed by atoms with E-state index in [4.69, 9.17) is 23.2 Å². The Kier molecular flexibility index (Phi) is 6.06. The lowest BCUT2D eigenvalue weighted by atomic mass is 10.1. The van der Waals surface area contributed by atoms with Gasteiger partial charge in [-0.25, -0.2) is 13.8 Å². The molecule has 0 saturated carbocycles. The van der Waals surface area contributed by atoms with Gasteiger partial charge in [0.25, 0.3) is 5.92 Å². The van der Waals surface area contributed by atoms with Crippen molar-refractivity contribution in [2.24, 2.45) is 0 Å². The molecule has 0 spiro atoms. The van der Waals surface area contributed by atoms with E-state index in [1.165, 1.54) is 0 Å². The number of alkyl halides is 2. The molecule has 0 bridgehead atoms. The van der Waals surface area contributed by atoms with Crippen molar-refractivity contribution in [2.75, 3.05) is 23.7 Å². The zero-order valence-corrected chi connectivity index (χ0v) is 18.7. The molecule has 160 valence electrons. The number of aromatic nitrogens is 2. The van der Waals surface area contributed by atoms with Gasteiger partial charge in [-0.3, -0.25) is 4.21 Å². The molecule has 0 amide bonds. The van der Waals surface area contributed by atoms with Crippen LogP contribution in [0, 0.1) is 0 Å². The maximum Gasteiger partial charge on any atom is 0.251 e. The van der Waals surface area contributed by atoms with E-state index < -0.39 is 16.7 Å². The molecular formula is C21H21Cl2F2N3OS. The molecule has 4 rings (SSSR count). The molecule has 1 saturated heterocycles. The monoisotopic (exact) mass is 471 g/mol. The Morgan fingerprint density at radius 2 is 1.87 bits per heavy atom. The number of fused-ring (bicyclic) bond motifs is 1. The average Bonchev–Trinajstić information content (AvgIpc) is 3.11. The van der Waals surface area contributed by atoms with Gasteiger partial charge in [0.15, 0.2) is 0 Å². The highest BCUT2D eigenvalue weighted by atomic mass is 35.5. The summed E-state index contributed by atoms with van der Waals surface area (Å²) in [4.78, 5) is 10.5. The van der Waals surface area contributed by atoms with Crippen LogP contribution in [0.3, 0.4) is 0 Å². The summed E-state index contributed by atoms with van der Waals surface area (Å²) in [6.45, 7) is 2.28. The molecule has 4 nitrogen and oxygen atoms in total. The van der Waals surface area contributed by atoms with Gasteiger partial charge in [0, 0.05) is 43.0 Å². The average molecular weight is 472 g/mol. The van der Waals surface area contributed by atoms with Gasteiger partial charge in [-0.1, -0.05) is 42.3 Å². The predicted molar refractivity (Wildman–Crippen MR) is 119 cm³/mol. The molecule has 1 aliphatic heterocycles. The molecule has 0 aliphatic carbocycles. The largest absolute Gasteiger partial charge is 0.369 e. The number of nitrogens with one attached hydrogen (secondary N) is 1. The first kappa shape index (κ1) is 21.5. The molecule has 30 heavy (non-hydrogen) atoms. The molecule has 0 radical (unpaired) electrons. The number of benzene rings is 2. The van der Waals surface area contributed by atoms with Crippen LogP contribution in [0.1, 0.15) is 31.2 Å². The first-order chi connectivity index (χ1) is 14.3. The predicted octanol–water partition coefficient (Wildman–Crippen LogP) is 5.82. The zero-order chi connectivity index (χ0) is 21.5. The van der Waals surface area contributed by atoms with Gasteiger partial charge >= 0.3 is 0 Å². The van der Waals surface area contributed by atoms with E-state index in [-0.39, 0.29) is 25.9 Å². The Balaban J connectivity index is 1.60. The van der Waals surface area contributed by atoms with Crippen LogP contribution in [0.4, 0.5) is 14.5 Å². The Morgan fingerprint density at radius 1 is 1.20 bits per heavy atom. The third-order valence-electron chi connectivity index (χ3n) is 5.33. The lowest BCUT2D eigenvalue weighted by molar-refractivity contribution is -0.0220. The fourth-order valence-electron chi connectivity index (χ4n) is 3.67. The van der Waals surface area contributed by atoms with Crippen LogP contribution in [0.2, 0.25) is 10.0 Å². The molecular weight excluding hydrogens is 451 g/mol. The van der Waals surface area contributed by atoms with Crippen molar-refractivity contribution in [1.29, 1.82) is 0 Å². The second kappa shape index (κ2) is 8.44. The maximum atomic E-state index is 13.5. The first-order valence-electron chi connectivity index (χ1n) is 9.74. The lowest BCUT2D eigenvalue weighted by Crippen LogP contribution is -2.39. The normalized spacial score (nSPS) is 17.4. The molecule has 1 unspecified atom stereocenters. The highest BCUT2D eigenvalue weighted by Gasteiger charge is 2.35. The molecule has 1 N–H and O–H groups in total. The van der Waals surface area contributed by atoms with Crippen molar-refractivity contribution in [3.05, 3.63) is 51.8 Å².